The zero-order valence-electron chi connectivity index (χ0n) is 16.3. The van der Waals surface area contributed by atoms with E-state index in [1.807, 2.05) is 30.9 Å². The summed E-state index contributed by atoms with van der Waals surface area (Å²) in [5.41, 5.74) is 2.24. The van der Waals surface area contributed by atoms with Crippen molar-refractivity contribution in [2.75, 3.05) is 31.1 Å². The number of rotatable bonds is 11. The van der Waals surface area contributed by atoms with Crippen LogP contribution in [0.5, 0.6) is 0 Å². The van der Waals surface area contributed by atoms with E-state index in [9.17, 15) is 4.79 Å². The lowest BCUT2D eigenvalue weighted by atomic mass is 10.1. The summed E-state index contributed by atoms with van der Waals surface area (Å²) in [6, 6.07) is 8.20. The number of hydrogen-bond donors (Lipinski definition) is 0. The predicted octanol–water partition coefficient (Wildman–Crippen LogP) is 4.89. The SMILES string of the molecule is CCCN(CCC)CCCCN(C(=O)C(C)C)c1ccccc1C. The molecule has 0 heterocycles. The van der Waals surface area contributed by atoms with E-state index in [1.54, 1.807) is 0 Å². The molecule has 0 saturated carbocycles. The summed E-state index contributed by atoms with van der Waals surface area (Å²) in [7, 11) is 0. The lowest BCUT2D eigenvalue weighted by Crippen LogP contribution is -2.36. The second-order valence-corrected chi connectivity index (χ2v) is 6.98. The third kappa shape index (κ3) is 6.64. The molecule has 0 spiro atoms. The molecule has 0 unspecified atom stereocenters. The van der Waals surface area contributed by atoms with Crippen LogP contribution < -0.4 is 4.90 Å². The van der Waals surface area contributed by atoms with Gasteiger partial charge in [0.15, 0.2) is 0 Å². The molecule has 1 rings (SSSR count). The van der Waals surface area contributed by atoms with Crippen molar-refractivity contribution in [3.05, 3.63) is 29.8 Å². The third-order valence-electron chi connectivity index (χ3n) is 4.35. The number of hydrogen-bond acceptors (Lipinski definition) is 2. The first-order chi connectivity index (χ1) is 11.5. The number of aryl methyl sites for hydroxylation is 1. The lowest BCUT2D eigenvalue weighted by molar-refractivity contribution is -0.121. The normalized spacial score (nSPS) is 11.3. The predicted molar refractivity (Wildman–Crippen MR) is 105 cm³/mol. The summed E-state index contributed by atoms with van der Waals surface area (Å²) in [6.07, 6.45) is 4.62. The zero-order valence-corrected chi connectivity index (χ0v) is 16.3. The van der Waals surface area contributed by atoms with Crippen molar-refractivity contribution in [1.82, 2.24) is 4.90 Å². The van der Waals surface area contributed by atoms with E-state index < -0.39 is 0 Å². The van der Waals surface area contributed by atoms with Crippen LogP contribution in [0.15, 0.2) is 24.3 Å². The van der Waals surface area contributed by atoms with Crippen LogP contribution in [0.25, 0.3) is 0 Å². The number of carbonyl (C=O) groups is 1. The molecule has 3 heteroatoms. The molecule has 0 aliphatic rings. The number of para-hydroxylation sites is 1. The van der Waals surface area contributed by atoms with Crippen LogP contribution in [-0.2, 0) is 4.79 Å². The molecular formula is C21H36N2O. The quantitative estimate of drug-likeness (QED) is 0.539. The molecule has 3 nitrogen and oxygen atoms in total. The highest BCUT2D eigenvalue weighted by atomic mass is 16.2. The Morgan fingerprint density at radius 3 is 2.08 bits per heavy atom. The largest absolute Gasteiger partial charge is 0.312 e. The molecule has 0 saturated heterocycles. The van der Waals surface area contributed by atoms with Crippen molar-refractivity contribution >= 4 is 11.6 Å². The summed E-state index contributed by atoms with van der Waals surface area (Å²) >= 11 is 0. The Kier molecular flexibility index (Phi) is 9.70. The van der Waals surface area contributed by atoms with Gasteiger partial charge in [0.05, 0.1) is 0 Å². The minimum Gasteiger partial charge on any atom is -0.312 e. The molecule has 1 aromatic carbocycles. The highest BCUT2D eigenvalue weighted by Crippen LogP contribution is 2.22. The number of nitrogens with zero attached hydrogens (tertiary/aromatic N) is 2. The molecule has 0 radical (unpaired) electrons. The van der Waals surface area contributed by atoms with Crippen LogP contribution in [0, 0.1) is 12.8 Å². The van der Waals surface area contributed by atoms with E-state index in [0.29, 0.717) is 0 Å². The summed E-state index contributed by atoms with van der Waals surface area (Å²) in [4.78, 5) is 17.2. The van der Waals surface area contributed by atoms with E-state index in [1.165, 1.54) is 31.5 Å². The van der Waals surface area contributed by atoms with Gasteiger partial charge in [-0.3, -0.25) is 4.79 Å². The number of benzene rings is 1. The molecule has 1 amide bonds. The molecule has 0 fully saturated rings. The van der Waals surface area contributed by atoms with Crippen LogP contribution in [-0.4, -0.2) is 37.0 Å². The summed E-state index contributed by atoms with van der Waals surface area (Å²) in [5.74, 6) is 0.254. The first-order valence-corrected chi connectivity index (χ1v) is 9.60. The summed E-state index contributed by atoms with van der Waals surface area (Å²) in [5, 5.41) is 0. The van der Waals surface area contributed by atoms with Gasteiger partial charge in [0.1, 0.15) is 0 Å². The number of carbonyl (C=O) groups excluding carboxylic acids is 1. The van der Waals surface area contributed by atoms with Gasteiger partial charge in [-0.15, -0.1) is 0 Å². The minimum absolute atomic E-state index is 0.0290. The van der Waals surface area contributed by atoms with Crippen LogP contribution >= 0.6 is 0 Å². The zero-order chi connectivity index (χ0) is 17.9. The van der Waals surface area contributed by atoms with Crippen molar-refractivity contribution in [3.63, 3.8) is 0 Å². The van der Waals surface area contributed by atoms with Crippen LogP contribution in [0.4, 0.5) is 5.69 Å². The van der Waals surface area contributed by atoms with Gasteiger partial charge in [-0.25, -0.2) is 0 Å². The van der Waals surface area contributed by atoms with Crippen molar-refractivity contribution in [1.29, 1.82) is 0 Å². The van der Waals surface area contributed by atoms with Crippen LogP contribution in [0.1, 0.15) is 58.9 Å². The summed E-state index contributed by atoms with van der Waals surface area (Å²) in [6.45, 7) is 14.8. The molecular weight excluding hydrogens is 296 g/mol. The molecule has 0 aliphatic carbocycles. The van der Waals surface area contributed by atoms with Gasteiger partial charge in [-0.1, -0.05) is 45.9 Å². The van der Waals surface area contributed by atoms with Gasteiger partial charge >= 0.3 is 0 Å². The van der Waals surface area contributed by atoms with E-state index in [-0.39, 0.29) is 11.8 Å². The van der Waals surface area contributed by atoms with Gasteiger partial charge in [-0.05, 0) is 63.9 Å². The Morgan fingerprint density at radius 2 is 1.54 bits per heavy atom. The van der Waals surface area contributed by atoms with Crippen molar-refractivity contribution in [2.45, 2.75) is 60.3 Å². The molecule has 0 atom stereocenters. The fourth-order valence-electron chi connectivity index (χ4n) is 3.10. The Balaban J connectivity index is 2.64. The topological polar surface area (TPSA) is 23.6 Å². The molecule has 0 aliphatic heterocycles. The molecule has 24 heavy (non-hydrogen) atoms. The van der Waals surface area contributed by atoms with Crippen molar-refractivity contribution in [2.24, 2.45) is 5.92 Å². The highest BCUT2D eigenvalue weighted by Gasteiger charge is 2.19. The molecule has 0 bridgehead atoms. The molecule has 0 N–H and O–H groups in total. The van der Waals surface area contributed by atoms with Gasteiger partial charge in [0, 0.05) is 18.2 Å². The first kappa shape index (κ1) is 20.7. The van der Waals surface area contributed by atoms with E-state index in [0.717, 1.165) is 31.6 Å². The standard InChI is InChI=1S/C21H36N2O/c1-6-14-22(15-7-2)16-10-11-17-23(21(24)18(3)4)20-13-9-8-12-19(20)5/h8-9,12-13,18H,6-7,10-11,14-17H2,1-5H3. The number of amides is 1. The van der Waals surface area contributed by atoms with E-state index in [2.05, 4.69) is 37.8 Å². The first-order valence-electron chi connectivity index (χ1n) is 9.60. The van der Waals surface area contributed by atoms with Gasteiger partial charge in [0.2, 0.25) is 5.91 Å². The minimum atomic E-state index is 0.0290. The third-order valence-corrected chi connectivity index (χ3v) is 4.35. The Morgan fingerprint density at radius 1 is 0.958 bits per heavy atom. The van der Waals surface area contributed by atoms with Crippen LogP contribution in [0.3, 0.4) is 0 Å². The summed E-state index contributed by atoms with van der Waals surface area (Å²) < 4.78 is 0. The second kappa shape index (κ2) is 11.2. The van der Waals surface area contributed by atoms with Crippen LogP contribution in [0.2, 0.25) is 0 Å². The Labute approximate surface area is 149 Å². The fourth-order valence-corrected chi connectivity index (χ4v) is 3.10. The highest BCUT2D eigenvalue weighted by molar-refractivity contribution is 5.95. The maximum atomic E-state index is 12.6. The molecule has 1 aromatic rings. The number of unbranched alkanes of at least 4 members (excludes halogenated alkanes) is 1. The second-order valence-electron chi connectivity index (χ2n) is 6.98. The Bertz CT molecular complexity index is 478. The molecule has 136 valence electrons. The lowest BCUT2D eigenvalue weighted by Gasteiger charge is -2.27. The molecule has 0 aromatic heterocycles. The van der Waals surface area contributed by atoms with E-state index >= 15 is 0 Å². The van der Waals surface area contributed by atoms with Gasteiger partial charge in [0.25, 0.3) is 0 Å². The van der Waals surface area contributed by atoms with Gasteiger partial charge in [-0.2, -0.15) is 0 Å². The monoisotopic (exact) mass is 332 g/mol. The van der Waals surface area contributed by atoms with Gasteiger partial charge < -0.3 is 9.80 Å². The maximum Gasteiger partial charge on any atom is 0.229 e. The Hall–Kier alpha value is -1.35. The fraction of sp³-hybridized carbons (Fsp3) is 0.667. The average Bonchev–Trinajstić information content (AvgIpc) is 2.55. The number of anilines is 1. The van der Waals surface area contributed by atoms with Crippen molar-refractivity contribution < 1.29 is 4.79 Å². The maximum absolute atomic E-state index is 12.6. The average molecular weight is 333 g/mol. The van der Waals surface area contributed by atoms with E-state index in [4.69, 9.17) is 0 Å². The smallest absolute Gasteiger partial charge is 0.229 e. The van der Waals surface area contributed by atoms with Crippen molar-refractivity contribution in [3.8, 4) is 0 Å².